The van der Waals surface area contributed by atoms with Gasteiger partial charge in [0.2, 0.25) is 0 Å². The van der Waals surface area contributed by atoms with Crippen molar-refractivity contribution in [3.8, 4) is 33.4 Å². The van der Waals surface area contributed by atoms with Crippen molar-refractivity contribution in [2.75, 3.05) is 0 Å². The van der Waals surface area contributed by atoms with Gasteiger partial charge in [-0.1, -0.05) is 133 Å². The molecule has 0 fully saturated rings. The molecule has 2 heteroatoms. The van der Waals surface area contributed by atoms with Crippen molar-refractivity contribution < 1.29 is 8.83 Å². The van der Waals surface area contributed by atoms with Gasteiger partial charge >= 0.3 is 0 Å². The highest BCUT2D eigenvalue weighted by atomic mass is 16.3. The molecule has 0 atom stereocenters. The molecular formula is C44H26O2. The van der Waals surface area contributed by atoms with E-state index in [9.17, 15) is 0 Å². The van der Waals surface area contributed by atoms with Gasteiger partial charge in [0.25, 0.3) is 0 Å². The topological polar surface area (TPSA) is 26.3 Å². The van der Waals surface area contributed by atoms with E-state index in [1.54, 1.807) is 0 Å². The Bertz CT molecular complexity index is 2740. The van der Waals surface area contributed by atoms with Crippen LogP contribution in [0.3, 0.4) is 0 Å². The number of rotatable bonds is 3. The zero-order valence-corrected chi connectivity index (χ0v) is 24.8. The van der Waals surface area contributed by atoms with E-state index in [0.717, 1.165) is 49.4 Å². The molecule has 214 valence electrons. The van der Waals surface area contributed by atoms with E-state index in [2.05, 4.69) is 140 Å². The summed E-state index contributed by atoms with van der Waals surface area (Å²) in [5, 5.41) is 9.27. The molecule has 2 aromatic heterocycles. The van der Waals surface area contributed by atoms with Gasteiger partial charge in [0, 0.05) is 38.7 Å². The fourth-order valence-electron chi connectivity index (χ4n) is 7.43. The standard InChI is InChI=1S/C44H26O2/c1-2-12-27(13-3-1)28-14-10-15-29(24-28)42-31-17-4-6-19-33(31)43(34-20-7-5-18-32(34)42)36-22-11-21-35-38-25-37-30-16-8-9-23-39(30)45-40(37)26-41(38)46-44(35)36/h1-26H. The van der Waals surface area contributed by atoms with Crippen molar-refractivity contribution in [2.45, 2.75) is 0 Å². The summed E-state index contributed by atoms with van der Waals surface area (Å²) in [7, 11) is 0. The number of benzene rings is 8. The van der Waals surface area contributed by atoms with E-state index < -0.39 is 0 Å². The van der Waals surface area contributed by atoms with Crippen molar-refractivity contribution in [2.24, 2.45) is 0 Å². The van der Waals surface area contributed by atoms with Crippen molar-refractivity contribution >= 4 is 65.4 Å². The van der Waals surface area contributed by atoms with Crippen molar-refractivity contribution in [3.63, 3.8) is 0 Å². The molecule has 10 rings (SSSR count). The van der Waals surface area contributed by atoms with E-state index in [4.69, 9.17) is 8.83 Å². The predicted molar refractivity (Wildman–Crippen MR) is 192 cm³/mol. The van der Waals surface area contributed by atoms with Crippen LogP contribution < -0.4 is 0 Å². The van der Waals surface area contributed by atoms with Crippen LogP contribution in [0, 0.1) is 0 Å². The van der Waals surface area contributed by atoms with Crippen LogP contribution >= 0.6 is 0 Å². The first-order chi connectivity index (χ1) is 22.8. The lowest BCUT2D eigenvalue weighted by atomic mass is 9.85. The molecule has 0 aliphatic heterocycles. The van der Waals surface area contributed by atoms with Gasteiger partial charge in [-0.05, 0) is 62.0 Å². The second-order valence-corrected chi connectivity index (χ2v) is 12.0. The third kappa shape index (κ3) is 3.65. The normalized spacial score (nSPS) is 11.9. The molecule has 0 saturated carbocycles. The highest BCUT2D eigenvalue weighted by Crippen LogP contribution is 2.47. The van der Waals surface area contributed by atoms with E-state index in [1.807, 2.05) is 18.2 Å². The maximum atomic E-state index is 6.76. The molecule has 10 aromatic rings. The van der Waals surface area contributed by atoms with Gasteiger partial charge in [-0.25, -0.2) is 0 Å². The Kier molecular flexibility index (Phi) is 5.31. The summed E-state index contributed by atoms with van der Waals surface area (Å²) < 4.78 is 13.0. The minimum atomic E-state index is 0.831. The number of hydrogen-bond donors (Lipinski definition) is 0. The largest absolute Gasteiger partial charge is 0.456 e. The Labute approximate surface area is 264 Å². The number of fused-ring (bicyclic) bond motifs is 8. The van der Waals surface area contributed by atoms with Gasteiger partial charge in [0.1, 0.15) is 22.3 Å². The van der Waals surface area contributed by atoms with Crippen LogP contribution in [0.25, 0.3) is 98.8 Å². The molecule has 2 heterocycles. The van der Waals surface area contributed by atoms with Crippen LogP contribution in [-0.4, -0.2) is 0 Å². The fourth-order valence-corrected chi connectivity index (χ4v) is 7.43. The first-order valence-corrected chi connectivity index (χ1v) is 15.7. The molecule has 2 nitrogen and oxygen atoms in total. The summed E-state index contributed by atoms with van der Waals surface area (Å²) in [6.07, 6.45) is 0. The lowest BCUT2D eigenvalue weighted by Gasteiger charge is -2.18. The quantitative estimate of drug-likeness (QED) is 0.193. The molecular weight excluding hydrogens is 560 g/mol. The van der Waals surface area contributed by atoms with Crippen molar-refractivity contribution in [3.05, 3.63) is 158 Å². The highest BCUT2D eigenvalue weighted by molar-refractivity contribution is 6.25. The summed E-state index contributed by atoms with van der Waals surface area (Å²) >= 11 is 0. The number of para-hydroxylation sites is 2. The lowest BCUT2D eigenvalue weighted by molar-refractivity contribution is 0.656. The molecule has 0 aliphatic rings. The van der Waals surface area contributed by atoms with Gasteiger partial charge in [-0.3, -0.25) is 0 Å². The zero-order valence-electron chi connectivity index (χ0n) is 24.8. The Morgan fingerprint density at radius 3 is 1.59 bits per heavy atom. The smallest absolute Gasteiger partial charge is 0.143 e. The maximum absolute atomic E-state index is 6.76. The van der Waals surface area contributed by atoms with Crippen molar-refractivity contribution in [1.29, 1.82) is 0 Å². The average molecular weight is 587 g/mol. The predicted octanol–water partition coefficient (Wildman–Crippen LogP) is 12.8. The van der Waals surface area contributed by atoms with Crippen LogP contribution in [0.4, 0.5) is 0 Å². The first-order valence-electron chi connectivity index (χ1n) is 15.7. The van der Waals surface area contributed by atoms with Crippen molar-refractivity contribution in [1.82, 2.24) is 0 Å². The summed E-state index contributed by atoms with van der Waals surface area (Å²) in [5.74, 6) is 0. The summed E-state index contributed by atoms with van der Waals surface area (Å²) in [6.45, 7) is 0. The molecule has 0 saturated heterocycles. The van der Waals surface area contributed by atoms with E-state index >= 15 is 0 Å². The zero-order chi connectivity index (χ0) is 30.2. The molecule has 0 spiro atoms. The van der Waals surface area contributed by atoms with Gasteiger partial charge in [0.15, 0.2) is 0 Å². The van der Waals surface area contributed by atoms with E-state index in [-0.39, 0.29) is 0 Å². The van der Waals surface area contributed by atoms with Gasteiger partial charge in [-0.2, -0.15) is 0 Å². The van der Waals surface area contributed by atoms with Crippen LogP contribution in [0.1, 0.15) is 0 Å². The van der Waals surface area contributed by atoms with Gasteiger partial charge < -0.3 is 8.83 Å². The SMILES string of the molecule is c1ccc(-c2cccc(-c3c4ccccc4c(-c4cccc5c4oc4cc6oc7ccccc7c6cc45)c4ccccc34)c2)cc1. The van der Waals surface area contributed by atoms with E-state index in [1.165, 1.54) is 49.4 Å². The second kappa shape index (κ2) is 9.69. The summed E-state index contributed by atoms with van der Waals surface area (Å²) in [4.78, 5) is 0. The van der Waals surface area contributed by atoms with Crippen LogP contribution in [0.5, 0.6) is 0 Å². The third-order valence-corrected chi connectivity index (χ3v) is 9.46. The monoisotopic (exact) mass is 586 g/mol. The first kappa shape index (κ1) is 25.2. The van der Waals surface area contributed by atoms with Crippen LogP contribution in [-0.2, 0) is 0 Å². The second-order valence-electron chi connectivity index (χ2n) is 12.0. The third-order valence-electron chi connectivity index (χ3n) is 9.46. The van der Waals surface area contributed by atoms with Gasteiger partial charge in [0.05, 0.1) is 0 Å². The van der Waals surface area contributed by atoms with Crippen LogP contribution in [0.15, 0.2) is 167 Å². The summed E-state index contributed by atoms with van der Waals surface area (Å²) in [5.41, 5.74) is 10.6. The van der Waals surface area contributed by atoms with Gasteiger partial charge in [-0.15, -0.1) is 0 Å². The Morgan fingerprint density at radius 2 is 0.826 bits per heavy atom. The minimum absolute atomic E-state index is 0.831. The molecule has 0 N–H and O–H groups in total. The Morgan fingerprint density at radius 1 is 0.283 bits per heavy atom. The lowest BCUT2D eigenvalue weighted by Crippen LogP contribution is -1.91. The fraction of sp³-hybridized carbons (Fsp3) is 0. The Hall–Kier alpha value is -6.12. The van der Waals surface area contributed by atoms with Crippen LogP contribution in [0.2, 0.25) is 0 Å². The molecule has 0 unspecified atom stereocenters. The average Bonchev–Trinajstić information content (AvgIpc) is 3.67. The minimum Gasteiger partial charge on any atom is -0.456 e. The molecule has 0 amide bonds. The summed E-state index contributed by atoms with van der Waals surface area (Å²) in [6, 6.07) is 56.1. The highest BCUT2D eigenvalue weighted by Gasteiger charge is 2.21. The molecule has 0 radical (unpaired) electrons. The number of hydrogen-bond acceptors (Lipinski definition) is 2. The van der Waals surface area contributed by atoms with E-state index in [0.29, 0.717) is 0 Å². The maximum Gasteiger partial charge on any atom is 0.143 e. The Balaban J connectivity index is 1.27. The molecule has 8 aromatic carbocycles. The molecule has 46 heavy (non-hydrogen) atoms. The molecule has 0 aliphatic carbocycles. The number of furan rings is 2. The molecule has 0 bridgehead atoms.